The molecule has 7 nitrogen and oxygen atoms in total. The lowest BCUT2D eigenvalue weighted by Gasteiger charge is -2.17. The molecule has 2 atom stereocenters. The minimum absolute atomic E-state index is 0.507. The summed E-state index contributed by atoms with van der Waals surface area (Å²) in [5.74, 6) is -1.31. The lowest BCUT2D eigenvalue weighted by Crippen LogP contribution is -2.49. The minimum Gasteiger partial charge on any atom is -0.480 e. The van der Waals surface area contributed by atoms with Crippen molar-refractivity contribution in [2.45, 2.75) is 19.1 Å². The van der Waals surface area contributed by atoms with Crippen LogP contribution in [-0.2, 0) is 4.79 Å². The van der Waals surface area contributed by atoms with E-state index in [-0.39, 0.29) is 0 Å². The number of urea groups is 1. The molecule has 0 aliphatic heterocycles. The van der Waals surface area contributed by atoms with Gasteiger partial charge in [0.1, 0.15) is 0 Å². The Hall–Kier alpha value is -2.67. The molecule has 21 heavy (non-hydrogen) atoms. The zero-order valence-corrected chi connectivity index (χ0v) is 11.3. The number of carboxylic acid groups (broad SMARTS) is 1. The first-order valence-corrected chi connectivity index (χ1v) is 6.31. The topological polar surface area (TPSA) is 112 Å². The summed E-state index contributed by atoms with van der Waals surface area (Å²) < 4.78 is 0. The number of hydrogen-bond donors (Lipinski definition) is 4. The van der Waals surface area contributed by atoms with E-state index < -0.39 is 24.1 Å². The molecule has 0 saturated heterocycles. The highest BCUT2D eigenvalue weighted by Gasteiger charge is 2.25. The third-order valence-electron chi connectivity index (χ3n) is 2.93. The van der Waals surface area contributed by atoms with Crippen molar-refractivity contribution in [2.75, 3.05) is 5.32 Å². The molecule has 0 fully saturated rings. The van der Waals surface area contributed by atoms with Crippen LogP contribution in [0.5, 0.6) is 0 Å². The van der Waals surface area contributed by atoms with Crippen LogP contribution < -0.4 is 10.6 Å². The van der Waals surface area contributed by atoms with Crippen LogP contribution in [0, 0.1) is 0 Å². The number of aliphatic hydroxyl groups is 1. The van der Waals surface area contributed by atoms with Gasteiger partial charge in [-0.05, 0) is 31.2 Å². The van der Waals surface area contributed by atoms with E-state index in [1.807, 2.05) is 0 Å². The van der Waals surface area contributed by atoms with E-state index in [1.54, 1.807) is 36.5 Å². The first kappa shape index (κ1) is 14.7. The number of carboxylic acids is 1. The molecule has 0 saturated carbocycles. The van der Waals surface area contributed by atoms with Gasteiger partial charge < -0.3 is 20.8 Å². The third-order valence-corrected chi connectivity index (χ3v) is 2.93. The Balaban J connectivity index is 2.17. The van der Waals surface area contributed by atoms with E-state index in [2.05, 4.69) is 15.6 Å². The predicted molar refractivity (Wildman–Crippen MR) is 77.0 cm³/mol. The molecule has 0 bridgehead atoms. The molecule has 1 aromatic heterocycles. The molecular formula is C14H15N3O4. The maximum atomic E-state index is 11.9. The second-order valence-corrected chi connectivity index (χ2v) is 4.53. The smallest absolute Gasteiger partial charge is 0.328 e. The molecule has 2 aromatic rings. The monoisotopic (exact) mass is 289 g/mol. The minimum atomic E-state index is -1.38. The molecule has 2 amide bonds. The summed E-state index contributed by atoms with van der Waals surface area (Å²) in [6, 6.07) is 6.66. The molecule has 0 aliphatic rings. The van der Waals surface area contributed by atoms with Crippen molar-refractivity contribution in [3.8, 4) is 0 Å². The fraction of sp³-hybridized carbons (Fsp3) is 0.214. The number of carbonyl (C=O) groups excluding carboxylic acids is 1. The van der Waals surface area contributed by atoms with Gasteiger partial charge in [-0.15, -0.1) is 0 Å². The molecule has 0 aliphatic carbocycles. The number of aromatic nitrogens is 1. The summed E-state index contributed by atoms with van der Waals surface area (Å²) in [5, 5.41) is 23.8. The number of rotatable bonds is 4. The number of carbonyl (C=O) groups is 2. The highest BCUT2D eigenvalue weighted by Crippen LogP contribution is 2.21. The van der Waals surface area contributed by atoms with Crippen LogP contribution in [0.1, 0.15) is 6.92 Å². The van der Waals surface area contributed by atoms with Gasteiger partial charge in [0.25, 0.3) is 0 Å². The zero-order chi connectivity index (χ0) is 15.4. The second kappa shape index (κ2) is 6.19. The summed E-state index contributed by atoms with van der Waals surface area (Å²) in [5.41, 5.74) is 1.22. The Morgan fingerprint density at radius 2 is 2.00 bits per heavy atom. The Kier molecular flexibility index (Phi) is 4.34. The fourth-order valence-electron chi connectivity index (χ4n) is 1.90. The largest absolute Gasteiger partial charge is 0.480 e. The first-order valence-electron chi connectivity index (χ1n) is 6.31. The highest BCUT2D eigenvalue weighted by molar-refractivity contribution is 6.01. The Labute approximate surface area is 120 Å². The van der Waals surface area contributed by atoms with Gasteiger partial charge in [0.05, 0.1) is 17.3 Å². The Morgan fingerprint density at radius 3 is 2.67 bits per heavy atom. The molecule has 1 heterocycles. The standard InChI is InChI=1S/C14H15N3O4/c1-8(18)12(13(19)20)17-14(21)16-11-6-2-5-10-9(11)4-3-7-15-10/h2-8,12,18H,1H3,(H,19,20)(H2,16,17,21)/t8-,12+/m1/s1. The van der Waals surface area contributed by atoms with Crippen LogP contribution in [0.3, 0.4) is 0 Å². The lowest BCUT2D eigenvalue weighted by atomic mass is 10.2. The van der Waals surface area contributed by atoms with Gasteiger partial charge in [-0.1, -0.05) is 6.07 Å². The number of fused-ring (bicyclic) bond motifs is 1. The lowest BCUT2D eigenvalue weighted by molar-refractivity contribution is -0.141. The van der Waals surface area contributed by atoms with E-state index in [0.29, 0.717) is 11.2 Å². The van der Waals surface area contributed by atoms with Gasteiger partial charge >= 0.3 is 12.0 Å². The molecule has 0 spiro atoms. The third kappa shape index (κ3) is 3.46. The number of anilines is 1. The normalized spacial score (nSPS) is 13.4. The predicted octanol–water partition coefficient (Wildman–Crippen LogP) is 1.19. The van der Waals surface area contributed by atoms with Gasteiger partial charge in [-0.2, -0.15) is 0 Å². The molecule has 4 N–H and O–H groups in total. The molecule has 2 rings (SSSR count). The summed E-state index contributed by atoms with van der Waals surface area (Å²) in [6.45, 7) is 1.29. The van der Waals surface area contributed by atoms with Crippen LogP contribution in [0.2, 0.25) is 0 Å². The van der Waals surface area contributed by atoms with E-state index in [1.165, 1.54) is 6.92 Å². The number of hydrogen-bond acceptors (Lipinski definition) is 4. The highest BCUT2D eigenvalue weighted by atomic mass is 16.4. The van der Waals surface area contributed by atoms with Crippen molar-refractivity contribution in [1.29, 1.82) is 0 Å². The quantitative estimate of drug-likeness (QED) is 0.675. The molecule has 0 radical (unpaired) electrons. The van der Waals surface area contributed by atoms with Crippen molar-refractivity contribution in [2.24, 2.45) is 0 Å². The number of nitrogens with one attached hydrogen (secondary N) is 2. The summed E-state index contributed by atoms with van der Waals surface area (Å²) >= 11 is 0. The van der Waals surface area contributed by atoms with Gasteiger partial charge in [0, 0.05) is 11.6 Å². The molecule has 110 valence electrons. The first-order chi connectivity index (χ1) is 9.99. The summed E-state index contributed by atoms with van der Waals surface area (Å²) in [7, 11) is 0. The van der Waals surface area contributed by atoms with Gasteiger partial charge in [-0.3, -0.25) is 4.98 Å². The van der Waals surface area contributed by atoms with Crippen molar-refractivity contribution in [3.63, 3.8) is 0 Å². The van der Waals surface area contributed by atoms with Crippen LogP contribution >= 0.6 is 0 Å². The van der Waals surface area contributed by atoms with E-state index in [9.17, 15) is 14.7 Å². The van der Waals surface area contributed by atoms with Crippen molar-refractivity contribution in [1.82, 2.24) is 10.3 Å². The van der Waals surface area contributed by atoms with E-state index >= 15 is 0 Å². The number of aliphatic hydroxyl groups excluding tert-OH is 1. The number of aliphatic carboxylic acids is 1. The number of benzene rings is 1. The van der Waals surface area contributed by atoms with Crippen molar-refractivity contribution >= 4 is 28.6 Å². The Morgan fingerprint density at radius 1 is 1.24 bits per heavy atom. The maximum absolute atomic E-state index is 11.9. The van der Waals surface area contributed by atoms with Gasteiger partial charge in [-0.25, -0.2) is 9.59 Å². The van der Waals surface area contributed by atoms with Crippen molar-refractivity contribution < 1.29 is 19.8 Å². The molecule has 1 aromatic carbocycles. The van der Waals surface area contributed by atoms with E-state index in [0.717, 1.165) is 5.39 Å². The summed E-state index contributed by atoms with van der Waals surface area (Å²) in [4.78, 5) is 26.9. The van der Waals surface area contributed by atoms with E-state index in [4.69, 9.17) is 5.11 Å². The second-order valence-electron chi connectivity index (χ2n) is 4.53. The average molecular weight is 289 g/mol. The number of nitrogens with zero attached hydrogens (tertiary/aromatic N) is 1. The number of pyridine rings is 1. The van der Waals surface area contributed by atoms with Gasteiger partial charge in [0.2, 0.25) is 0 Å². The molecule has 0 unspecified atom stereocenters. The maximum Gasteiger partial charge on any atom is 0.328 e. The fourth-order valence-corrected chi connectivity index (χ4v) is 1.90. The van der Waals surface area contributed by atoms with Crippen LogP contribution in [0.25, 0.3) is 10.9 Å². The average Bonchev–Trinajstić information content (AvgIpc) is 2.44. The zero-order valence-electron chi connectivity index (χ0n) is 11.3. The molecule has 7 heteroatoms. The van der Waals surface area contributed by atoms with Gasteiger partial charge in [0.15, 0.2) is 6.04 Å². The van der Waals surface area contributed by atoms with Crippen LogP contribution in [0.15, 0.2) is 36.5 Å². The van der Waals surface area contributed by atoms with Crippen molar-refractivity contribution in [3.05, 3.63) is 36.5 Å². The van der Waals surface area contributed by atoms with Crippen LogP contribution in [-0.4, -0.2) is 39.3 Å². The SMILES string of the molecule is C[C@@H](O)[C@H](NC(=O)Nc1cccc2ncccc12)C(=O)O. The Bertz CT molecular complexity index is 667. The summed E-state index contributed by atoms with van der Waals surface area (Å²) in [6.07, 6.45) is 0.433. The number of amides is 2. The van der Waals surface area contributed by atoms with Crippen LogP contribution in [0.4, 0.5) is 10.5 Å². The molecular weight excluding hydrogens is 274 g/mol.